The van der Waals surface area contributed by atoms with E-state index in [1.165, 1.54) is 0 Å². The number of ether oxygens (including phenoxy) is 2. The molecule has 0 radical (unpaired) electrons. The summed E-state index contributed by atoms with van der Waals surface area (Å²) in [7, 11) is 0. The van der Waals surface area contributed by atoms with Crippen molar-refractivity contribution in [1.29, 1.82) is 0 Å². The maximum absolute atomic E-state index is 5.39. The van der Waals surface area contributed by atoms with Crippen LogP contribution in [0.25, 0.3) is 0 Å². The quantitative estimate of drug-likeness (QED) is 0.605. The summed E-state index contributed by atoms with van der Waals surface area (Å²) < 4.78 is 10.8. The first-order valence-corrected chi connectivity index (χ1v) is 5.80. The molecule has 0 N–H and O–H groups in total. The normalized spacial score (nSPS) is 16.8. The molecule has 0 spiro atoms. The predicted molar refractivity (Wildman–Crippen MR) is 64.5 cm³/mol. The Morgan fingerprint density at radius 3 is 2.20 bits per heavy atom. The van der Waals surface area contributed by atoms with E-state index in [0.29, 0.717) is 13.2 Å². The summed E-state index contributed by atoms with van der Waals surface area (Å²) in [4.78, 5) is 0. The zero-order valence-corrected chi connectivity index (χ0v) is 10.2. The Bertz CT molecular complexity index is 237. The Balaban J connectivity index is 0.000000442. The van der Waals surface area contributed by atoms with Crippen molar-refractivity contribution in [2.75, 3.05) is 13.2 Å². The van der Waals surface area contributed by atoms with Crippen LogP contribution in [0.1, 0.15) is 34.1 Å². The van der Waals surface area contributed by atoms with Gasteiger partial charge in [-0.2, -0.15) is 0 Å². The molecule has 0 aromatic heterocycles. The maximum atomic E-state index is 5.39. The monoisotopic (exact) mass is 210 g/mol. The van der Waals surface area contributed by atoms with Crippen LogP contribution in [0.15, 0.2) is 35.8 Å². The molecule has 2 aliphatic rings. The fourth-order valence-corrected chi connectivity index (χ4v) is 1.14. The standard InChI is InChI=1S/C9H10O2.2C2H6/c1-2-4-8-9(5-3-1)11-7-6-10-8;2*1-2/h1-2,4-5H,3,6-7H2;2*1-2H3. The molecule has 0 aromatic carbocycles. The van der Waals surface area contributed by atoms with Gasteiger partial charge in [0.2, 0.25) is 0 Å². The van der Waals surface area contributed by atoms with Gasteiger partial charge in [-0.3, -0.25) is 0 Å². The lowest BCUT2D eigenvalue weighted by atomic mass is 10.3. The number of allylic oxidation sites excluding steroid dienone is 4. The summed E-state index contributed by atoms with van der Waals surface area (Å²) >= 11 is 0. The van der Waals surface area contributed by atoms with Gasteiger partial charge < -0.3 is 9.47 Å². The van der Waals surface area contributed by atoms with Gasteiger partial charge in [-0.05, 0) is 18.6 Å². The third-order valence-electron chi connectivity index (χ3n) is 1.66. The highest BCUT2D eigenvalue weighted by Gasteiger charge is 2.13. The first-order chi connectivity index (χ1) is 7.47. The van der Waals surface area contributed by atoms with E-state index in [9.17, 15) is 0 Å². The first-order valence-electron chi connectivity index (χ1n) is 5.80. The SMILES string of the molecule is C1=CCC=C2OCCOC2=C1.CC.CC. The largest absolute Gasteiger partial charge is 0.486 e. The Hall–Kier alpha value is -1.18. The van der Waals surface area contributed by atoms with Crippen LogP contribution in [0.3, 0.4) is 0 Å². The average Bonchev–Trinajstić information content (AvgIpc) is 2.59. The van der Waals surface area contributed by atoms with Gasteiger partial charge in [-0.15, -0.1) is 0 Å². The molecule has 86 valence electrons. The van der Waals surface area contributed by atoms with Crippen molar-refractivity contribution in [3.63, 3.8) is 0 Å². The molecule has 2 nitrogen and oxygen atoms in total. The van der Waals surface area contributed by atoms with E-state index >= 15 is 0 Å². The molecule has 1 heterocycles. The highest BCUT2D eigenvalue weighted by atomic mass is 16.6. The lowest BCUT2D eigenvalue weighted by Gasteiger charge is -2.19. The molecule has 0 unspecified atom stereocenters. The summed E-state index contributed by atoms with van der Waals surface area (Å²) in [6, 6.07) is 0. The van der Waals surface area contributed by atoms with E-state index in [1.807, 2.05) is 45.9 Å². The van der Waals surface area contributed by atoms with Crippen molar-refractivity contribution in [3.8, 4) is 0 Å². The molecule has 1 fully saturated rings. The Kier molecular flexibility index (Phi) is 8.64. The van der Waals surface area contributed by atoms with E-state index < -0.39 is 0 Å². The summed E-state index contributed by atoms with van der Waals surface area (Å²) in [5.41, 5.74) is 0. The Morgan fingerprint density at radius 2 is 1.53 bits per heavy atom. The summed E-state index contributed by atoms with van der Waals surface area (Å²) in [5.74, 6) is 1.76. The van der Waals surface area contributed by atoms with E-state index in [0.717, 1.165) is 17.9 Å². The number of fused-ring (bicyclic) bond motifs is 1. The van der Waals surface area contributed by atoms with Crippen molar-refractivity contribution in [3.05, 3.63) is 35.8 Å². The maximum Gasteiger partial charge on any atom is 0.161 e. The molecule has 1 saturated heterocycles. The highest BCUT2D eigenvalue weighted by Crippen LogP contribution is 2.20. The molecule has 0 atom stereocenters. The molecule has 1 aliphatic heterocycles. The van der Waals surface area contributed by atoms with Crippen molar-refractivity contribution < 1.29 is 9.47 Å². The second-order valence-corrected chi connectivity index (χ2v) is 2.46. The lowest BCUT2D eigenvalue weighted by molar-refractivity contribution is 0.0594. The third kappa shape index (κ3) is 4.73. The Labute approximate surface area is 93.3 Å². The van der Waals surface area contributed by atoms with Gasteiger partial charge in [0, 0.05) is 0 Å². The molecular formula is C13H22O2. The number of rotatable bonds is 0. The fraction of sp³-hybridized carbons (Fsp3) is 0.538. The minimum absolute atomic E-state index is 0.664. The van der Waals surface area contributed by atoms with Crippen LogP contribution < -0.4 is 0 Å². The van der Waals surface area contributed by atoms with Crippen molar-refractivity contribution in [2.24, 2.45) is 0 Å². The number of hydrogen-bond acceptors (Lipinski definition) is 2. The molecule has 2 heteroatoms. The predicted octanol–water partition coefficient (Wildman–Crippen LogP) is 3.81. The summed E-state index contributed by atoms with van der Waals surface area (Å²) in [6.07, 6.45) is 8.98. The second kappa shape index (κ2) is 9.38. The van der Waals surface area contributed by atoms with Gasteiger partial charge >= 0.3 is 0 Å². The van der Waals surface area contributed by atoms with Crippen LogP contribution in [0.5, 0.6) is 0 Å². The van der Waals surface area contributed by atoms with Gasteiger partial charge in [0.05, 0.1) is 0 Å². The smallest absolute Gasteiger partial charge is 0.161 e. The van der Waals surface area contributed by atoms with Crippen molar-refractivity contribution in [2.45, 2.75) is 34.1 Å². The molecule has 0 bridgehead atoms. The van der Waals surface area contributed by atoms with Gasteiger partial charge in [0.1, 0.15) is 13.2 Å². The van der Waals surface area contributed by atoms with E-state index in [2.05, 4.69) is 6.08 Å². The zero-order chi connectivity index (χ0) is 11.5. The minimum Gasteiger partial charge on any atom is -0.486 e. The fourth-order valence-electron chi connectivity index (χ4n) is 1.14. The van der Waals surface area contributed by atoms with E-state index in [4.69, 9.17) is 9.47 Å². The van der Waals surface area contributed by atoms with Crippen LogP contribution in [-0.4, -0.2) is 13.2 Å². The molecule has 1 aliphatic carbocycles. The lowest BCUT2D eigenvalue weighted by Crippen LogP contribution is -2.13. The van der Waals surface area contributed by atoms with Crippen LogP contribution in [0.2, 0.25) is 0 Å². The van der Waals surface area contributed by atoms with Gasteiger partial charge in [0.15, 0.2) is 11.5 Å². The molecule has 0 amide bonds. The van der Waals surface area contributed by atoms with Crippen LogP contribution in [0, 0.1) is 0 Å². The second-order valence-electron chi connectivity index (χ2n) is 2.46. The first kappa shape index (κ1) is 13.8. The van der Waals surface area contributed by atoms with Gasteiger partial charge in [-0.1, -0.05) is 39.8 Å². The summed E-state index contributed by atoms with van der Waals surface area (Å²) in [5, 5.41) is 0. The zero-order valence-electron chi connectivity index (χ0n) is 10.2. The molecular weight excluding hydrogens is 188 g/mol. The van der Waals surface area contributed by atoms with Gasteiger partial charge in [-0.25, -0.2) is 0 Å². The van der Waals surface area contributed by atoms with E-state index in [-0.39, 0.29) is 0 Å². The van der Waals surface area contributed by atoms with Crippen LogP contribution in [-0.2, 0) is 9.47 Å². The average molecular weight is 210 g/mol. The van der Waals surface area contributed by atoms with Crippen molar-refractivity contribution in [1.82, 2.24) is 0 Å². The summed E-state index contributed by atoms with van der Waals surface area (Å²) in [6.45, 7) is 9.33. The molecule has 0 saturated carbocycles. The topological polar surface area (TPSA) is 18.5 Å². The highest BCUT2D eigenvalue weighted by molar-refractivity contribution is 5.28. The van der Waals surface area contributed by atoms with Crippen LogP contribution in [0.4, 0.5) is 0 Å². The Morgan fingerprint density at radius 1 is 0.933 bits per heavy atom. The molecule has 2 rings (SSSR count). The third-order valence-corrected chi connectivity index (χ3v) is 1.66. The molecule has 15 heavy (non-hydrogen) atoms. The molecule has 0 aromatic rings. The van der Waals surface area contributed by atoms with E-state index in [1.54, 1.807) is 0 Å². The van der Waals surface area contributed by atoms with Crippen LogP contribution >= 0.6 is 0 Å². The van der Waals surface area contributed by atoms with Gasteiger partial charge in [0.25, 0.3) is 0 Å². The minimum atomic E-state index is 0.664. The van der Waals surface area contributed by atoms with Crippen molar-refractivity contribution >= 4 is 0 Å². The number of hydrogen-bond donors (Lipinski definition) is 0.